The van der Waals surface area contributed by atoms with Crippen LogP contribution >= 0.6 is 0 Å². The van der Waals surface area contributed by atoms with Crippen molar-refractivity contribution in [3.8, 4) is 0 Å². The average molecular weight is 287 g/mol. The van der Waals surface area contributed by atoms with Gasteiger partial charge in [0.15, 0.2) is 0 Å². The highest BCUT2D eigenvalue weighted by Crippen LogP contribution is 2.29. The molecule has 110 valence electrons. The van der Waals surface area contributed by atoms with E-state index in [-0.39, 0.29) is 24.9 Å². The van der Waals surface area contributed by atoms with Gasteiger partial charge in [-0.1, -0.05) is 24.3 Å². The van der Waals surface area contributed by atoms with Crippen LogP contribution in [0, 0.1) is 0 Å². The number of hydrogen-bond donors (Lipinski definition) is 1. The van der Waals surface area contributed by atoms with Crippen LogP contribution in [0.4, 0.5) is 13.2 Å². The monoisotopic (exact) mass is 287 g/mol. The molecule has 1 atom stereocenters. The molecule has 0 spiro atoms. The van der Waals surface area contributed by atoms with E-state index in [2.05, 4.69) is 5.32 Å². The van der Waals surface area contributed by atoms with Gasteiger partial charge in [0.1, 0.15) is 5.78 Å². The number of ketones is 1. The van der Waals surface area contributed by atoms with Gasteiger partial charge in [-0.25, -0.2) is 0 Å². The third-order valence-electron chi connectivity index (χ3n) is 3.15. The summed E-state index contributed by atoms with van der Waals surface area (Å²) in [6, 6.07) is 7.67. The molecule has 1 unspecified atom stereocenters. The normalized spacial score (nSPS) is 18.6. The summed E-state index contributed by atoms with van der Waals surface area (Å²) in [7, 11) is 0. The predicted molar refractivity (Wildman–Crippen MR) is 67.4 cm³/mol. The van der Waals surface area contributed by atoms with Crippen molar-refractivity contribution in [3.63, 3.8) is 0 Å². The van der Waals surface area contributed by atoms with Crippen LogP contribution in [-0.2, 0) is 16.0 Å². The SMILES string of the molecule is O=C(CNCC(F)(F)F)CC1OCCc2ccccc21. The standard InChI is InChI=1S/C14H16F3NO2/c15-14(16,17)9-18-8-11(19)7-13-12-4-2-1-3-10(12)5-6-20-13/h1-4,13,18H,5-9H2. The van der Waals surface area contributed by atoms with E-state index in [0.29, 0.717) is 6.61 Å². The number of halogens is 3. The van der Waals surface area contributed by atoms with E-state index >= 15 is 0 Å². The minimum absolute atomic E-state index is 0.0991. The molecule has 0 aromatic heterocycles. The third-order valence-corrected chi connectivity index (χ3v) is 3.15. The molecule has 0 amide bonds. The van der Waals surface area contributed by atoms with Crippen LogP contribution in [0.25, 0.3) is 0 Å². The van der Waals surface area contributed by atoms with Gasteiger partial charge in [-0.3, -0.25) is 4.79 Å². The molecular formula is C14H16F3NO2. The van der Waals surface area contributed by atoms with Crippen molar-refractivity contribution in [1.29, 1.82) is 0 Å². The molecule has 0 saturated heterocycles. The number of carbonyl (C=O) groups excluding carboxylic acids is 1. The van der Waals surface area contributed by atoms with Gasteiger partial charge in [0, 0.05) is 6.42 Å². The molecule has 2 rings (SSSR count). The van der Waals surface area contributed by atoms with E-state index in [1.165, 1.54) is 0 Å². The number of benzene rings is 1. The number of Topliss-reactive ketones (excluding diaryl/α,β-unsaturated/α-hetero) is 1. The summed E-state index contributed by atoms with van der Waals surface area (Å²) >= 11 is 0. The summed E-state index contributed by atoms with van der Waals surface area (Å²) in [6.45, 7) is -0.909. The zero-order valence-electron chi connectivity index (χ0n) is 10.9. The van der Waals surface area contributed by atoms with Crippen molar-refractivity contribution in [1.82, 2.24) is 5.32 Å². The van der Waals surface area contributed by atoms with Crippen LogP contribution in [0.2, 0.25) is 0 Å². The lowest BCUT2D eigenvalue weighted by atomic mass is 9.94. The number of hydrogen-bond acceptors (Lipinski definition) is 3. The van der Waals surface area contributed by atoms with Crippen LogP contribution in [0.3, 0.4) is 0 Å². The van der Waals surface area contributed by atoms with Crippen LogP contribution in [0.1, 0.15) is 23.7 Å². The Balaban J connectivity index is 1.86. The molecule has 1 aromatic rings. The van der Waals surface area contributed by atoms with Crippen molar-refractivity contribution < 1.29 is 22.7 Å². The molecule has 0 fully saturated rings. The van der Waals surface area contributed by atoms with E-state index in [1.54, 1.807) is 0 Å². The fraction of sp³-hybridized carbons (Fsp3) is 0.500. The zero-order valence-corrected chi connectivity index (χ0v) is 10.9. The van der Waals surface area contributed by atoms with Gasteiger partial charge in [-0.15, -0.1) is 0 Å². The number of nitrogens with one attached hydrogen (secondary N) is 1. The summed E-state index contributed by atoms with van der Waals surface area (Å²) in [4.78, 5) is 11.7. The van der Waals surface area contributed by atoms with E-state index in [4.69, 9.17) is 4.74 Å². The predicted octanol–water partition coefficient (Wildman–Crippen LogP) is 2.41. The number of alkyl halides is 3. The Kier molecular flexibility index (Phi) is 4.77. The highest BCUT2D eigenvalue weighted by atomic mass is 19.4. The summed E-state index contributed by atoms with van der Waals surface area (Å²) in [5.41, 5.74) is 2.10. The zero-order chi connectivity index (χ0) is 14.6. The molecule has 20 heavy (non-hydrogen) atoms. The smallest absolute Gasteiger partial charge is 0.373 e. The second kappa shape index (κ2) is 6.37. The molecule has 0 saturated carbocycles. The van der Waals surface area contributed by atoms with Crippen molar-refractivity contribution >= 4 is 5.78 Å². The summed E-state index contributed by atoms with van der Waals surface area (Å²) < 4.78 is 41.4. The van der Waals surface area contributed by atoms with E-state index < -0.39 is 12.7 Å². The molecule has 1 aliphatic heterocycles. The van der Waals surface area contributed by atoms with Crippen LogP contribution in [0.15, 0.2) is 24.3 Å². The maximum absolute atomic E-state index is 12.0. The first-order valence-electron chi connectivity index (χ1n) is 6.44. The quantitative estimate of drug-likeness (QED) is 0.904. The Hall–Kier alpha value is -1.40. The Morgan fingerprint density at radius 3 is 2.85 bits per heavy atom. The Labute approximate surface area is 115 Å². The van der Waals surface area contributed by atoms with Gasteiger partial charge >= 0.3 is 6.18 Å². The Morgan fingerprint density at radius 2 is 2.10 bits per heavy atom. The molecule has 3 nitrogen and oxygen atoms in total. The lowest BCUT2D eigenvalue weighted by molar-refractivity contribution is -0.128. The molecule has 1 heterocycles. The third kappa shape index (κ3) is 4.31. The molecular weight excluding hydrogens is 271 g/mol. The van der Waals surface area contributed by atoms with Gasteiger partial charge in [-0.05, 0) is 17.5 Å². The molecule has 6 heteroatoms. The van der Waals surface area contributed by atoms with Gasteiger partial charge in [0.25, 0.3) is 0 Å². The minimum atomic E-state index is -4.30. The van der Waals surface area contributed by atoms with Gasteiger partial charge in [0.2, 0.25) is 0 Å². The lowest BCUT2D eigenvalue weighted by Crippen LogP contribution is -2.33. The summed E-state index contributed by atoms with van der Waals surface area (Å²) in [5.74, 6) is -0.282. The fourth-order valence-corrected chi connectivity index (χ4v) is 2.27. The second-order valence-electron chi connectivity index (χ2n) is 4.77. The average Bonchev–Trinajstić information content (AvgIpc) is 2.37. The van der Waals surface area contributed by atoms with Crippen LogP contribution < -0.4 is 5.32 Å². The lowest BCUT2D eigenvalue weighted by Gasteiger charge is -2.25. The Morgan fingerprint density at radius 1 is 1.35 bits per heavy atom. The number of carbonyl (C=O) groups is 1. The summed E-state index contributed by atoms with van der Waals surface area (Å²) in [5, 5.41) is 2.11. The topological polar surface area (TPSA) is 38.3 Å². The second-order valence-corrected chi connectivity index (χ2v) is 4.77. The van der Waals surface area contributed by atoms with Gasteiger partial charge < -0.3 is 10.1 Å². The van der Waals surface area contributed by atoms with E-state index in [0.717, 1.165) is 17.5 Å². The van der Waals surface area contributed by atoms with Crippen molar-refractivity contribution in [2.45, 2.75) is 25.1 Å². The highest BCUT2D eigenvalue weighted by molar-refractivity contribution is 5.81. The molecule has 1 aliphatic rings. The summed E-state index contributed by atoms with van der Waals surface area (Å²) in [6.07, 6.45) is -3.75. The molecule has 1 N–H and O–H groups in total. The fourth-order valence-electron chi connectivity index (χ4n) is 2.27. The molecule has 0 bridgehead atoms. The van der Waals surface area contributed by atoms with Crippen molar-refractivity contribution in [2.24, 2.45) is 0 Å². The largest absolute Gasteiger partial charge is 0.401 e. The molecule has 0 radical (unpaired) electrons. The first-order chi connectivity index (χ1) is 9.46. The number of ether oxygens (including phenoxy) is 1. The maximum atomic E-state index is 12.0. The van der Waals surface area contributed by atoms with Gasteiger partial charge in [-0.2, -0.15) is 13.2 Å². The highest BCUT2D eigenvalue weighted by Gasteiger charge is 2.27. The first kappa shape index (κ1) is 15.0. The molecule has 1 aromatic carbocycles. The van der Waals surface area contributed by atoms with E-state index in [9.17, 15) is 18.0 Å². The van der Waals surface area contributed by atoms with Gasteiger partial charge in [0.05, 0.1) is 25.8 Å². The van der Waals surface area contributed by atoms with Crippen molar-refractivity contribution in [3.05, 3.63) is 35.4 Å². The van der Waals surface area contributed by atoms with Crippen LogP contribution in [0.5, 0.6) is 0 Å². The first-order valence-corrected chi connectivity index (χ1v) is 6.44. The van der Waals surface area contributed by atoms with E-state index in [1.807, 2.05) is 24.3 Å². The van der Waals surface area contributed by atoms with Crippen molar-refractivity contribution in [2.75, 3.05) is 19.7 Å². The number of rotatable bonds is 5. The van der Waals surface area contributed by atoms with Crippen LogP contribution in [-0.4, -0.2) is 31.7 Å². The maximum Gasteiger partial charge on any atom is 0.401 e. The molecule has 0 aliphatic carbocycles. The Bertz CT molecular complexity index is 474. The minimum Gasteiger partial charge on any atom is -0.373 e. The number of fused-ring (bicyclic) bond motifs is 1.